The Kier molecular flexibility index (Phi) is 4.86. The Morgan fingerprint density at radius 3 is 2.74 bits per heavy atom. The molecule has 5 heteroatoms. The fraction of sp³-hybridized carbons (Fsp3) is 0.389. The molecule has 1 aromatic heterocycles. The van der Waals surface area contributed by atoms with Crippen LogP contribution in [0.2, 0.25) is 0 Å². The molecule has 1 aliphatic rings. The van der Waals surface area contributed by atoms with Gasteiger partial charge in [-0.2, -0.15) is 5.10 Å². The Morgan fingerprint density at radius 2 is 2.00 bits per heavy atom. The van der Waals surface area contributed by atoms with E-state index in [0.29, 0.717) is 18.0 Å². The molecule has 5 nitrogen and oxygen atoms in total. The molecule has 0 unspecified atom stereocenters. The summed E-state index contributed by atoms with van der Waals surface area (Å²) in [5, 5.41) is 6.98. The van der Waals surface area contributed by atoms with Gasteiger partial charge >= 0.3 is 0 Å². The molecular formula is C18H21N3O2. The SMILES string of the molecule is O=C(CCC(=O)N1CCC[C@H](c2ccn[nH]2)C1)c1ccccc1. The van der Waals surface area contributed by atoms with Crippen LogP contribution in [0, 0.1) is 0 Å². The van der Waals surface area contributed by atoms with Crippen LogP contribution >= 0.6 is 0 Å². The van der Waals surface area contributed by atoms with Crippen molar-refractivity contribution in [2.75, 3.05) is 13.1 Å². The molecule has 1 N–H and O–H groups in total. The number of carbonyl (C=O) groups is 2. The van der Waals surface area contributed by atoms with Gasteiger partial charge in [-0.3, -0.25) is 14.7 Å². The zero-order valence-corrected chi connectivity index (χ0v) is 13.1. The third kappa shape index (κ3) is 3.86. The highest BCUT2D eigenvalue weighted by Crippen LogP contribution is 2.25. The summed E-state index contributed by atoms with van der Waals surface area (Å²) in [5.41, 5.74) is 1.76. The number of H-pyrrole nitrogens is 1. The maximum atomic E-state index is 12.4. The van der Waals surface area contributed by atoms with E-state index in [-0.39, 0.29) is 24.5 Å². The third-order valence-corrected chi connectivity index (χ3v) is 4.40. The summed E-state index contributed by atoms with van der Waals surface area (Å²) < 4.78 is 0. The molecule has 0 aliphatic carbocycles. The van der Waals surface area contributed by atoms with E-state index in [1.165, 1.54) is 0 Å². The number of ketones is 1. The lowest BCUT2D eigenvalue weighted by atomic mass is 9.94. The number of aromatic amines is 1. The van der Waals surface area contributed by atoms with Crippen LogP contribution in [-0.4, -0.2) is 39.9 Å². The minimum Gasteiger partial charge on any atom is -0.342 e. The van der Waals surface area contributed by atoms with E-state index in [1.807, 2.05) is 29.2 Å². The number of likely N-dealkylation sites (tertiary alicyclic amines) is 1. The summed E-state index contributed by atoms with van der Waals surface area (Å²) in [5.74, 6) is 0.416. The number of piperidine rings is 1. The zero-order valence-electron chi connectivity index (χ0n) is 13.1. The first-order valence-corrected chi connectivity index (χ1v) is 8.09. The normalized spacial score (nSPS) is 17.9. The average molecular weight is 311 g/mol. The van der Waals surface area contributed by atoms with Crippen LogP contribution in [0.4, 0.5) is 0 Å². The van der Waals surface area contributed by atoms with E-state index in [0.717, 1.165) is 25.1 Å². The molecule has 1 atom stereocenters. The zero-order chi connectivity index (χ0) is 16.1. The van der Waals surface area contributed by atoms with Gasteiger partial charge in [-0.05, 0) is 18.9 Å². The highest BCUT2D eigenvalue weighted by Gasteiger charge is 2.25. The summed E-state index contributed by atoms with van der Waals surface area (Å²) in [4.78, 5) is 26.4. The molecule has 2 heterocycles. The van der Waals surface area contributed by atoms with Gasteiger partial charge in [0.1, 0.15) is 0 Å². The van der Waals surface area contributed by atoms with Crippen molar-refractivity contribution in [3.63, 3.8) is 0 Å². The standard InChI is InChI=1S/C18H21N3O2/c22-17(14-5-2-1-3-6-14)8-9-18(23)21-12-4-7-15(13-21)16-10-11-19-20-16/h1-3,5-6,10-11,15H,4,7-9,12-13H2,(H,19,20)/t15-/m0/s1. The van der Waals surface area contributed by atoms with Crippen LogP contribution in [0.15, 0.2) is 42.6 Å². The number of hydrogen-bond acceptors (Lipinski definition) is 3. The van der Waals surface area contributed by atoms with Crippen LogP contribution in [0.1, 0.15) is 47.7 Å². The van der Waals surface area contributed by atoms with Crippen molar-refractivity contribution in [2.45, 2.75) is 31.6 Å². The number of carbonyl (C=O) groups excluding carboxylic acids is 2. The molecule has 120 valence electrons. The fourth-order valence-corrected chi connectivity index (χ4v) is 3.10. The summed E-state index contributed by atoms with van der Waals surface area (Å²) in [6.07, 6.45) is 4.35. The summed E-state index contributed by atoms with van der Waals surface area (Å²) in [6.45, 7) is 1.49. The molecule has 23 heavy (non-hydrogen) atoms. The molecule has 1 saturated heterocycles. The van der Waals surface area contributed by atoms with Gasteiger partial charge < -0.3 is 4.90 Å². The number of nitrogens with one attached hydrogen (secondary N) is 1. The second kappa shape index (κ2) is 7.22. The van der Waals surface area contributed by atoms with Gasteiger partial charge in [-0.25, -0.2) is 0 Å². The van der Waals surface area contributed by atoms with Crippen LogP contribution < -0.4 is 0 Å². The molecule has 3 rings (SSSR count). The average Bonchev–Trinajstić information content (AvgIpc) is 3.15. The van der Waals surface area contributed by atoms with Gasteiger partial charge in [0.15, 0.2) is 5.78 Å². The molecule has 0 spiro atoms. The van der Waals surface area contributed by atoms with E-state index in [4.69, 9.17) is 0 Å². The number of aromatic nitrogens is 2. The van der Waals surface area contributed by atoms with Gasteiger partial charge in [0.05, 0.1) is 0 Å². The van der Waals surface area contributed by atoms with Gasteiger partial charge in [-0.1, -0.05) is 30.3 Å². The van der Waals surface area contributed by atoms with Crippen molar-refractivity contribution < 1.29 is 9.59 Å². The van der Waals surface area contributed by atoms with Crippen LogP contribution in [-0.2, 0) is 4.79 Å². The van der Waals surface area contributed by atoms with Crippen molar-refractivity contribution >= 4 is 11.7 Å². The van der Waals surface area contributed by atoms with Gasteiger partial charge in [0.25, 0.3) is 0 Å². The number of rotatable bonds is 5. The predicted octanol–water partition coefficient (Wildman–Crippen LogP) is 2.78. The first kappa shape index (κ1) is 15.5. The van der Waals surface area contributed by atoms with Crippen molar-refractivity contribution in [3.05, 3.63) is 53.9 Å². The van der Waals surface area contributed by atoms with E-state index < -0.39 is 0 Å². The molecule has 1 aromatic carbocycles. The maximum absolute atomic E-state index is 12.4. The third-order valence-electron chi connectivity index (χ3n) is 4.40. The van der Waals surface area contributed by atoms with Crippen LogP contribution in [0.5, 0.6) is 0 Å². The number of hydrogen-bond donors (Lipinski definition) is 1. The molecule has 0 bridgehead atoms. The van der Waals surface area contributed by atoms with Gasteiger partial charge in [0, 0.05) is 49.3 Å². The maximum Gasteiger partial charge on any atom is 0.223 e. The van der Waals surface area contributed by atoms with E-state index in [9.17, 15) is 9.59 Å². The lowest BCUT2D eigenvalue weighted by Crippen LogP contribution is -2.39. The molecule has 1 fully saturated rings. The fourth-order valence-electron chi connectivity index (χ4n) is 3.10. The largest absolute Gasteiger partial charge is 0.342 e. The lowest BCUT2D eigenvalue weighted by Gasteiger charge is -2.32. The Balaban J connectivity index is 1.53. The minimum absolute atomic E-state index is 0.0288. The highest BCUT2D eigenvalue weighted by atomic mass is 16.2. The lowest BCUT2D eigenvalue weighted by molar-refractivity contribution is -0.132. The molecule has 2 aromatic rings. The van der Waals surface area contributed by atoms with Crippen LogP contribution in [0.25, 0.3) is 0 Å². The molecule has 0 saturated carbocycles. The van der Waals surface area contributed by atoms with Crippen molar-refractivity contribution in [1.82, 2.24) is 15.1 Å². The Hall–Kier alpha value is -2.43. The highest BCUT2D eigenvalue weighted by molar-refractivity contribution is 5.97. The Labute approximate surface area is 135 Å². The predicted molar refractivity (Wildman–Crippen MR) is 87.1 cm³/mol. The first-order valence-electron chi connectivity index (χ1n) is 8.09. The second-order valence-electron chi connectivity index (χ2n) is 5.98. The molecule has 1 aliphatic heterocycles. The van der Waals surface area contributed by atoms with E-state index >= 15 is 0 Å². The summed E-state index contributed by atoms with van der Waals surface area (Å²) in [7, 11) is 0. The minimum atomic E-state index is 0.0288. The summed E-state index contributed by atoms with van der Waals surface area (Å²) >= 11 is 0. The smallest absolute Gasteiger partial charge is 0.223 e. The Morgan fingerprint density at radius 1 is 1.17 bits per heavy atom. The number of benzene rings is 1. The summed E-state index contributed by atoms with van der Waals surface area (Å²) in [6, 6.07) is 11.1. The van der Waals surface area contributed by atoms with Crippen molar-refractivity contribution in [1.29, 1.82) is 0 Å². The second-order valence-corrected chi connectivity index (χ2v) is 5.98. The van der Waals surface area contributed by atoms with E-state index in [1.54, 1.807) is 18.3 Å². The van der Waals surface area contributed by atoms with Gasteiger partial charge in [-0.15, -0.1) is 0 Å². The van der Waals surface area contributed by atoms with Gasteiger partial charge in [0.2, 0.25) is 5.91 Å². The number of Topliss-reactive ketones (excluding diaryl/α,β-unsaturated/α-hetero) is 1. The quantitative estimate of drug-likeness (QED) is 0.863. The Bertz CT molecular complexity index is 652. The molecule has 1 amide bonds. The number of nitrogens with zero attached hydrogens (tertiary/aromatic N) is 2. The van der Waals surface area contributed by atoms with Crippen LogP contribution in [0.3, 0.4) is 0 Å². The monoisotopic (exact) mass is 311 g/mol. The first-order chi connectivity index (χ1) is 11.2. The van der Waals surface area contributed by atoms with E-state index in [2.05, 4.69) is 10.2 Å². The van der Waals surface area contributed by atoms with Crippen molar-refractivity contribution in [3.8, 4) is 0 Å². The topological polar surface area (TPSA) is 66.1 Å². The number of amides is 1. The molecular weight excluding hydrogens is 290 g/mol. The molecule has 0 radical (unpaired) electrons. The van der Waals surface area contributed by atoms with Crippen molar-refractivity contribution in [2.24, 2.45) is 0 Å².